The maximum absolute atomic E-state index is 4.90. The van der Waals surface area contributed by atoms with E-state index in [-0.39, 0.29) is 5.54 Å². The average Bonchev–Trinajstić information content (AvgIpc) is 2.84. The fourth-order valence-corrected chi connectivity index (χ4v) is 3.47. The van der Waals surface area contributed by atoms with Crippen LogP contribution in [0.4, 0.5) is 0 Å². The zero-order chi connectivity index (χ0) is 14.9. The third-order valence-electron chi connectivity index (χ3n) is 4.43. The molecular formula is C18H27N3. The van der Waals surface area contributed by atoms with Crippen LogP contribution in [0, 0.1) is 0 Å². The summed E-state index contributed by atoms with van der Waals surface area (Å²) in [4.78, 5) is 4.90. The summed E-state index contributed by atoms with van der Waals surface area (Å²) in [5, 5.41) is 3.64. The van der Waals surface area contributed by atoms with E-state index in [1.165, 1.54) is 43.6 Å². The third kappa shape index (κ3) is 3.13. The molecule has 1 aliphatic rings. The lowest BCUT2D eigenvalue weighted by Crippen LogP contribution is -2.34. The van der Waals surface area contributed by atoms with E-state index < -0.39 is 0 Å². The molecule has 0 bridgehead atoms. The van der Waals surface area contributed by atoms with Gasteiger partial charge in [0, 0.05) is 18.0 Å². The normalized spacial score (nSPS) is 20.0. The number of fused-ring (bicyclic) bond motifs is 1. The lowest BCUT2D eigenvalue weighted by atomic mass is 10.00. The molecule has 1 atom stereocenters. The van der Waals surface area contributed by atoms with Crippen LogP contribution in [0.2, 0.25) is 0 Å². The Morgan fingerprint density at radius 3 is 2.76 bits per heavy atom. The molecule has 1 fully saturated rings. The largest absolute Gasteiger partial charge is 0.323 e. The molecule has 1 aromatic heterocycles. The van der Waals surface area contributed by atoms with Crippen molar-refractivity contribution in [1.82, 2.24) is 14.9 Å². The Labute approximate surface area is 127 Å². The van der Waals surface area contributed by atoms with Crippen LogP contribution < -0.4 is 5.32 Å². The summed E-state index contributed by atoms with van der Waals surface area (Å²) in [5.41, 5.74) is 2.46. The van der Waals surface area contributed by atoms with Gasteiger partial charge >= 0.3 is 0 Å². The van der Waals surface area contributed by atoms with E-state index >= 15 is 0 Å². The lowest BCUT2D eigenvalue weighted by Gasteiger charge is -2.26. The quantitative estimate of drug-likeness (QED) is 0.928. The maximum Gasteiger partial charge on any atom is 0.110 e. The van der Waals surface area contributed by atoms with Crippen LogP contribution in [0.15, 0.2) is 24.3 Å². The monoisotopic (exact) mass is 285 g/mol. The van der Waals surface area contributed by atoms with Gasteiger partial charge in [0.1, 0.15) is 5.82 Å². The number of hydrogen-bond acceptors (Lipinski definition) is 2. The molecule has 0 spiro atoms. The predicted molar refractivity (Wildman–Crippen MR) is 88.7 cm³/mol. The number of piperidine rings is 1. The molecule has 0 amide bonds. The molecule has 1 unspecified atom stereocenters. The van der Waals surface area contributed by atoms with Crippen LogP contribution in [0.5, 0.6) is 0 Å². The number of para-hydroxylation sites is 2. The smallest absolute Gasteiger partial charge is 0.110 e. The summed E-state index contributed by atoms with van der Waals surface area (Å²) in [7, 11) is 0. The Hall–Kier alpha value is -1.35. The molecule has 21 heavy (non-hydrogen) atoms. The summed E-state index contributed by atoms with van der Waals surface area (Å²) >= 11 is 0. The number of benzene rings is 1. The summed E-state index contributed by atoms with van der Waals surface area (Å²) in [5.74, 6) is 1.23. The van der Waals surface area contributed by atoms with Crippen molar-refractivity contribution in [3.63, 3.8) is 0 Å². The van der Waals surface area contributed by atoms with Gasteiger partial charge in [0.15, 0.2) is 0 Å². The fraction of sp³-hybridized carbons (Fsp3) is 0.611. The van der Waals surface area contributed by atoms with Gasteiger partial charge in [-0.1, -0.05) is 18.6 Å². The van der Waals surface area contributed by atoms with Gasteiger partial charge in [0.25, 0.3) is 0 Å². The molecule has 3 heteroatoms. The first-order valence-corrected chi connectivity index (χ1v) is 8.26. The predicted octanol–water partition coefficient (Wildman–Crippen LogP) is 3.87. The van der Waals surface area contributed by atoms with Gasteiger partial charge in [-0.05, 0) is 58.7 Å². The number of aryl methyl sites for hydroxylation is 1. The molecule has 1 N–H and O–H groups in total. The van der Waals surface area contributed by atoms with Gasteiger partial charge in [-0.25, -0.2) is 4.98 Å². The van der Waals surface area contributed by atoms with Crippen LogP contribution in [0.3, 0.4) is 0 Å². The minimum atomic E-state index is 0.0748. The van der Waals surface area contributed by atoms with E-state index in [1.54, 1.807) is 0 Å². The number of imidazole rings is 1. The fourth-order valence-electron chi connectivity index (χ4n) is 3.47. The van der Waals surface area contributed by atoms with Gasteiger partial charge in [-0.2, -0.15) is 0 Å². The standard InChI is InChI=1S/C18H27N3/c1-18(2,3)21-16-10-5-4-9-15(16)20-17(21)12-11-14-8-6-7-13-19-14/h4-5,9-10,14,19H,6-8,11-13H2,1-3H3. The second-order valence-corrected chi connectivity index (χ2v) is 7.21. The average molecular weight is 285 g/mol. The van der Waals surface area contributed by atoms with Gasteiger partial charge in [-0.3, -0.25) is 0 Å². The first-order valence-electron chi connectivity index (χ1n) is 8.26. The highest BCUT2D eigenvalue weighted by Gasteiger charge is 2.22. The van der Waals surface area contributed by atoms with E-state index in [9.17, 15) is 0 Å². The Bertz CT molecular complexity index is 600. The van der Waals surface area contributed by atoms with Gasteiger partial charge in [-0.15, -0.1) is 0 Å². The molecule has 2 heterocycles. The minimum Gasteiger partial charge on any atom is -0.323 e. The maximum atomic E-state index is 4.90. The second kappa shape index (κ2) is 5.80. The Kier molecular flexibility index (Phi) is 4.03. The molecular weight excluding hydrogens is 258 g/mol. The molecule has 114 valence electrons. The van der Waals surface area contributed by atoms with Crippen molar-refractivity contribution >= 4 is 11.0 Å². The molecule has 1 saturated heterocycles. The lowest BCUT2D eigenvalue weighted by molar-refractivity contribution is 0.363. The van der Waals surface area contributed by atoms with E-state index in [1.807, 2.05) is 0 Å². The summed E-state index contributed by atoms with van der Waals surface area (Å²) < 4.78 is 2.42. The summed E-state index contributed by atoms with van der Waals surface area (Å²) in [6, 6.07) is 9.18. The molecule has 3 rings (SSSR count). The first kappa shape index (κ1) is 14.6. The molecule has 3 nitrogen and oxygen atoms in total. The van der Waals surface area contributed by atoms with Crippen molar-refractivity contribution in [2.75, 3.05) is 6.54 Å². The van der Waals surface area contributed by atoms with Crippen molar-refractivity contribution < 1.29 is 0 Å². The van der Waals surface area contributed by atoms with Crippen molar-refractivity contribution in [2.24, 2.45) is 0 Å². The van der Waals surface area contributed by atoms with Crippen molar-refractivity contribution in [3.05, 3.63) is 30.1 Å². The highest BCUT2D eigenvalue weighted by atomic mass is 15.1. The number of nitrogens with one attached hydrogen (secondary N) is 1. The molecule has 0 radical (unpaired) electrons. The van der Waals surface area contributed by atoms with Crippen LogP contribution >= 0.6 is 0 Å². The zero-order valence-corrected chi connectivity index (χ0v) is 13.5. The van der Waals surface area contributed by atoms with E-state index in [0.717, 1.165) is 11.9 Å². The summed E-state index contributed by atoms with van der Waals surface area (Å²) in [6.45, 7) is 7.98. The molecule has 0 saturated carbocycles. The molecule has 2 aromatic rings. The van der Waals surface area contributed by atoms with E-state index in [2.05, 4.69) is 54.9 Å². The van der Waals surface area contributed by atoms with E-state index in [4.69, 9.17) is 4.98 Å². The topological polar surface area (TPSA) is 29.9 Å². The van der Waals surface area contributed by atoms with Crippen LogP contribution in [0.1, 0.15) is 52.3 Å². The summed E-state index contributed by atoms with van der Waals surface area (Å²) in [6.07, 6.45) is 6.27. The Balaban J connectivity index is 1.86. The van der Waals surface area contributed by atoms with Crippen molar-refractivity contribution in [3.8, 4) is 0 Å². The molecule has 1 aliphatic heterocycles. The molecule has 1 aromatic carbocycles. The molecule has 0 aliphatic carbocycles. The van der Waals surface area contributed by atoms with Crippen molar-refractivity contribution in [2.45, 2.75) is 64.5 Å². The second-order valence-electron chi connectivity index (χ2n) is 7.21. The first-order chi connectivity index (χ1) is 10.1. The highest BCUT2D eigenvalue weighted by molar-refractivity contribution is 5.76. The highest BCUT2D eigenvalue weighted by Crippen LogP contribution is 2.26. The zero-order valence-electron chi connectivity index (χ0n) is 13.5. The minimum absolute atomic E-state index is 0.0748. The Morgan fingerprint density at radius 2 is 2.05 bits per heavy atom. The van der Waals surface area contributed by atoms with Crippen LogP contribution in [0.25, 0.3) is 11.0 Å². The number of hydrogen-bond donors (Lipinski definition) is 1. The van der Waals surface area contributed by atoms with Gasteiger partial charge < -0.3 is 9.88 Å². The van der Waals surface area contributed by atoms with Gasteiger partial charge in [0.2, 0.25) is 0 Å². The third-order valence-corrected chi connectivity index (χ3v) is 4.43. The SMILES string of the molecule is CC(C)(C)n1c(CCC2CCCCN2)nc2ccccc21. The number of aromatic nitrogens is 2. The van der Waals surface area contributed by atoms with Gasteiger partial charge in [0.05, 0.1) is 11.0 Å². The number of rotatable bonds is 3. The number of nitrogens with zero attached hydrogens (tertiary/aromatic N) is 2. The van der Waals surface area contributed by atoms with Crippen LogP contribution in [-0.4, -0.2) is 22.1 Å². The van der Waals surface area contributed by atoms with Crippen molar-refractivity contribution in [1.29, 1.82) is 0 Å². The van der Waals surface area contributed by atoms with Crippen LogP contribution in [-0.2, 0) is 12.0 Å². The Morgan fingerprint density at radius 1 is 1.24 bits per heavy atom. The van der Waals surface area contributed by atoms with E-state index in [0.29, 0.717) is 6.04 Å².